The zero-order chi connectivity index (χ0) is 8.43. The second kappa shape index (κ2) is 3.13. The number of hydrogen-bond donors (Lipinski definition) is 3. The van der Waals surface area contributed by atoms with Crippen LogP contribution in [0.5, 0.6) is 0 Å². The number of nitrogen functional groups attached to an aromatic ring is 1. The fraction of sp³-hybridized carbons (Fsp3) is 0. The van der Waals surface area contributed by atoms with Gasteiger partial charge in [0.15, 0.2) is 0 Å². The Bertz CT molecular complexity index is 247. The summed E-state index contributed by atoms with van der Waals surface area (Å²) in [6.07, 6.45) is 0. The van der Waals surface area contributed by atoms with Crippen LogP contribution in [0.2, 0.25) is 5.02 Å². The summed E-state index contributed by atoms with van der Waals surface area (Å²) >= 11 is 5.62. The first-order valence-corrected chi connectivity index (χ1v) is 3.40. The van der Waals surface area contributed by atoms with Gasteiger partial charge in [-0.1, -0.05) is 17.7 Å². The molecule has 0 amide bonds. The van der Waals surface area contributed by atoms with Crippen LogP contribution < -0.4 is 11.2 Å². The Hall–Kier alpha value is -0.705. The zero-order valence-corrected chi connectivity index (χ0v) is 6.42. The summed E-state index contributed by atoms with van der Waals surface area (Å²) in [6.45, 7) is 0. The number of rotatable bonds is 1. The highest BCUT2D eigenvalue weighted by molar-refractivity contribution is 6.64. The molecule has 0 bridgehead atoms. The van der Waals surface area contributed by atoms with Gasteiger partial charge in [0.25, 0.3) is 0 Å². The van der Waals surface area contributed by atoms with Crippen molar-refractivity contribution in [3.05, 3.63) is 23.2 Å². The molecule has 0 fully saturated rings. The third-order valence-electron chi connectivity index (χ3n) is 1.34. The van der Waals surface area contributed by atoms with Crippen molar-refractivity contribution in [2.75, 3.05) is 5.73 Å². The first-order chi connectivity index (χ1) is 5.13. The average Bonchev–Trinajstić information content (AvgIpc) is 1.85. The molecule has 0 unspecified atom stereocenters. The third-order valence-corrected chi connectivity index (χ3v) is 1.67. The lowest BCUT2D eigenvalue weighted by molar-refractivity contribution is 0.426. The van der Waals surface area contributed by atoms with Gasteiger partial charge < -0.3 is 15.8 Å². The maximum atomic E-state index is 8.78. The van der Waals surface area contributed by atoms with Crippen LogP contribution in [0.3, 0.4) is 0 Å². The van der Waals surface area contributed by atoms with Crippen molar-refractivity contribution < 1.29 is 10.0 Å². The molecule has 58 valence electrons. The van der Waals surface area contributed by atoms with Gasteiger partial charge in [-0.3, -0.25) is 0 Å². The quantitative estimate of drug-likeness (QED) is 0.398. The molecule has 1 aromatic carbocycles. The van der Waals surface area contributed by atoms with Crippen LogP contribution in [-0.2, 0) is 0 Å². The van der Waals surface area contributed by atoms with Crippen molar-refractivity contribution in [3.8, 4) is 0 Å². The first kappa shape index (κ1) is 8.39. The molecule has 0 saturated carbocycles. The highest BCUT2D eigenvalue weighted by Crippen LogP contribution is 2.09. The summed E-state index contributed by atoms with van der Waals surface area (Å²) in [5, 5.41) is 17.8. The largest absolute Gasteiger partial charge is 0.492 e. The monoisotopic (exact) mass is 171 g/mol. The van der Waals surface area contributed by atoms with Crippen LogP contribution in [0.15, 0.2) is 18.2 Å². The summed E-state index contributed by atoms with van der Waals surface area (Å²) < 4.78 is 0. The zero-order valence-electron chi connectivity index (χ0n) is 5.66. The number of halogens is 1. The van der Waals surface area contributed by atoms with E-state index in [0.29, 0.717) is 0 Å². The number of anilines is 1. The molecule has 0 aliphatic heterocycles. The van der Waals surface area contributed by atoms with Crippen LogP contribution >= 0.6 is 11.6 Å². The van der Waals surface area contributed by atoms with Crippen molar-refractivity contribution >= 4 is 29.9 Å². The Morgan fingerprint density at radius 3 is 2.36 bits per heavy atom. The molecular formula is C6H7BClNO2. The standard InChI is InChI=1S/C6H7BClNO2/c8-4-2-1-3-5(9)6(4)7(10)11/h1-3,10-11H,9H2. The van der Waals surface area contributed by atoms with Gasteiger partial charge in [0.05, 0.1) is 0 Å². The van der Waals surface area contributed by atoms with E-state index in [-0.39, 0.29) is 16.2 Å². The van der Waals surface area contributed by atoms with E-state index in [2.05, 4.69) is 0 Å². The Kier molecular flexibility index (Phi) is 2.39. The molecule has 0 radical (unpaired) electrons. The van der Waals surface area contributed by atoms with Crippen LogP contribution in [0.1, 0.15) is 0 Å². The molecule has 0 aromatic heterocycles. The molecule has 1 aromatic rings. The molecule has 0 heterocycles. The second-order valence-corrected chi connectivity index (χ2v) is 2.52. The smallest absolute Gasteiger partial charge is 0.423 e. The van der Waals surface area contributed by atoms with Crippen molar-refractivity contribution in [2.24, 2.45) is 0 Å². The molecule has 0 spiro atoms. The van der Waals surface area contributed by atoms with Crippen molar-refractivity contribution in [1.82, 2.24) is 0 Å². The molecule has 11 heavy (non-hydrogen) atoms. The SMILES string of the molecule is Nc1cccc(Cl)c1B(O)O. The van der Waals surface area contributed by atoms with E-state index in [4.69, 9.17) is 27.4 Å². The number of benzene rings is 1. The lowest BCUT2D eigenvalue weighted by Crippen LogP contribution is -2.33. The topological polar surface area (TPSA) is 66.5 Å². The maximum absolute atomic E-state index is 8.78. The van der Waals surface area contributed by atoms with E-state index in [9.17, 15) is 0 Å². The highest BCUT2D eigenvalue weighted by Gasteiger charge is 2.17. The fourth-order valence-corrected chi connectivity index (χ4v) is 1.11. The highest BCUT2D eigenvalue weighted by atomic mass is 35.5. The van der Waals surface area contributed by atoms with Crippen molar-refractivity contribution in [2.45, 2.75) is 0 Å². The fourth-order valence-electron chi connectivity index (χ4n) is 0.826. The van der Waals surface area contributed by atoms with E-state index < -0.39 is 7.12 Å². The normalized spacial score (nSPS) is 9.73. The van der Waals surface area contributed by atoms with E-state index in [1.54, 1.807) is 18.2 Å². The van der Waals surface area contributed by atoms with Crippen LogP contribution in [0.4, 0.5) is 5.69 Å². The Balaban J connectivity index is 3.21. The summed E-state index contributed by atoms with van der Waals surface area (Å²) in [5.41, 5.74) is 5.86. The lowest BCUT2D eigenvalue weighted by atomic mass is 9.79. The molecule has 0 aliphatic carbocycles. The van der Waals surface area contributed by atoms with Gasteiger partial charge >= 0.3 is 7.12 Å². The summed E-state index contributed by atoms with van der Waals surface area (Å²) in [4.78, 5) is 0. The lowest BCUT2D eigenvalue weighted by Gasteiger charge is -2.04. The Morgan fingerprint density at radius 2 is 2.00 bits per heavy atom. The molecule has 4 N–H and O–H groups in total. The van der Waals surface area contributed by atoms with Gasteiger partial charge in [0.2, 0.25) is 0 Å². The minimum Gasteiger partial charge on any atom is -0.423 e. The molecule has 0 atom stereocenters. The van der Waals surface area contributed by atoms with Crippen LogP contribution in [0.25, 0.3) is 0 Å². The predicted octanol–water partition coefficient (Wildman–Crippen LogP) is -0.398. The van der Waals surface area contributed by atoms with Gasteiger partial charge in [0, 0.05) is 16.2 Å². The van der Waals surface area contributed by atoms with Crippen molar-refractivity contribution in [1.29, 1.82) is 0 Å². The summed E-state index contributed by atoms with van der Waals surface area (Å²) in [5.74, 6) is 0. The molecule has 0 aliphatic rings. The minimum absolute atomic E-state index is 0.161. The molecule has 3 nitrogen and oxygen atoms in total. The predicted molar refractivity (Wildman–Crippen MR) is 45.7 cm³/mol. The summed E-state index contributed by atoms with van der Waals surface area (Å²) in [7, 11) is -1.61. The maximum Gasteiger partial charge on any atom is 0.492 e. The van der Waals surface area contributed by atoms with Crippen molar-refractivity contribution in [3.63, 3.8) is 0 Å². The second-order valence-electron chi connectivity index (χ2n) is 2.12. The van der Waals surface area contributed by atoms with E-state index in [1.807, 2.05) is 0 Å². The van der Waals surface area contributed by atoms with Gasteiger partial charge in [-0.05, 0) is 12.1 Å². The number of hydrogen-bond acceptors (Lipinski definition) is 3. The Labute approximate surface area is 69.6 Å². The van der Waals surface area contributed by atoms with E-state index in [0.717, 1.165) is 0 Å². The van der Waals surface area contributed by atoms with Crippen LogP contribution in [-0.4, -0.2) is 17.2 Å². The van der Waals surface area contributed by atoms with Gasteiger partial charge in [-0.25, -0.2) is 0 Å². The van der Waals surface area contributed by atoms with E-state index in [1.165, 1.54) is 0 Å². The summed E-state index contributed by atoms with van der Waals surface area (Å²) in [6, 6.07) is 4.75. The van der Waals surface area contributed by atoms with Gasteiger partial charge in [0.1, 0.15) is 0 Å². The first-order valence-electron chi connectivity index (χ1n) is 3.03. The van der Waals surface area contributed by atoms with E-state index >= 15 is 0 Å². The van der Waals surface area contributed by atoms with Crippen LogP contribution in [0, 0.1) is 0 Å². The average molecular weight is 171 g/mol. The van der Waals surface area contributed by atoms with Gasteiger partial charge in [-0.2, -0.15) is 0 Å². The molecular weight excluding hydrogens is 164 g/mol. The third kappa shape index (κ3) is 1.65. The minimum atomic E-state index is -1.61. The van der Waals surface area contributed by atoms with Gasteiger partial charge in [-0.15, -0.1) is 0 Å². The molecule has 0 saturated heterocycles. The number of nitrogens with two attached hydrogens (primary N) is 1. The molecule has 5 heteroatoms. The Morgan fingerprint density at radius 1 is 1.36 bits per heavy atom. The molecule has 1 rings (SSSR count).